The van der Waals surface area contributed by atoms with E-state index in [2.05, 4.69) is 12.6 Å². The van der Waals surface area contributed by atoms with Crippen molar-refractivity contribution in [1.82, 2.24) is 0 Å². The fraction of sp³-hybridized carbons (Fsp3) is 0.500. The normalized spacial score (nSPS) is 5.12. The molecular formula is C6H17ClO6SSr2Zn. The maximum absolute atomic E-state index is 9.29. The number of thiol groups is 1. The van der Waals surface area contributed by atoms with Crippen molar-refractivity contribution in [3.8, 4) is 0 Å². The average molecular weight is 493 g/mol. The van der Waals surface area contributed by atoms with E-state index < -0.39 is 17.9 Å². The Bertz CT molecular complexity index is 181. The van der Waals surface area contributed by atoms with Gasteiger partial charge in [-0.3, -0.25) is 14.4 Å². The summed E-state index contributed by atoms with van der Waals surface area (Å²) in [6, 6.07) is 0. The number of hydrogen-bond donors (Lipinski definition) is 4. The number of hydrogen-bond acceptors (Lipinski definition) is 4. The summed E-state index contributed by atoms with van der Waals surface area (Å²) < 4.78 is 0. The largest absolute Gasteiger partial charge is 2.00 e. The van der Waals surface area contributed by atoms with Crippen LogP contribution in [0.2, 0.25) is 0 Å². The van der Waals surface area contributed by atoms with Gasteiger partial charge in [-0.2, -0.15) is 12.6 Å². The van der Waals surface area contributed by atoms with Crippen LogP contribution in [-0.2, 0) is 33.9 Å². The van der Waals surface area contributed by atoms with Crippen LogP contribution in [-0.4, -0.2) is 130 Å². The standard InChI is InChI=1S/C2H4O2S.2C2H4O2.ClH.2Sr.Zn.4H/c3-2(4)1-5;2*1-2(3)4;;;;;;;;/h5H,1H2,(H,3,4);2*1H3,(H,3,4);1H;;;;;;;/q;;;;2*+2;;4*-1. The minimum absolute atomic E-state index is 0. The Kier molecular flexibility index (Phi) is 91.2. The molecular weight excluding hydrogens is 476 g/mol. The van der Waals surface area contributed by atoms with Crippen LogP contribution in [0.5, 0.6) is 0 Å². The topological polar surface area (TPSA) is 112 Å². The molecule has 0 heterocycles. The van der Waals surface area contributed by atoms with Gasteiger partial charge in [0.15, 0.2) is 0 Å². The van der Waals surface area contributed by atoms with Gasteiger partial charge in [0, 0.05) is 33.3 Å². The molecule has 17 heavy (non-hydrogen) atoms. The van der Waals surface area contributed by atoms with E-state index in [0.717, 1.165) is 13.8 Å². The number of rotatable bonds is 1. The minimum atomic E-state index is -0.881. The quantitative estimate of drug-likeness (QED) is 0.309. The number of carboxylic acids is 3. The van der Waals surface area contributed by atoms with E-state index in [4.69, 9.17) is 24.9 Å². The Morgan fingerprint density at radius 3 is 1.06 bits per heavy atom. The van der Waals surface area contributed by atoms with E-state index in [0.29, 0.717) is 0 Å². The van der Waals surface area contributed by atoms with Gasteiger partial charge in [0.05, 0.1) is 5.75 Å². The predicted molar refractivity (Wildman–Crippen MR) is 71.3 cm³/mol. The SMILES string of the molecule is CC(=O)O.CC(=O)O.Cl.O=C(O)CS.[H-].[H-].[H-].[H-].[Sr+2].[Sr+2].[Zn]. The molecule has 0 saturated carbocycles. The second-order valence-corrected chi connectivity index (χ2v) is 1.91. The molecule has 0 aromatic heterocycles. The third-order valence-electron chi connectivity index (χ3n) is 0.135. The van der Waals surface area contributed by atoms with Crippen LogP contribution in [0.3, 0.4) is 0 Å². The number of carboxylic acid groups (broad SMARTS) is 3. The van der Waals surface area contributed by atoms with Crippen LogP contribution < -0.4 is 0 Å². The van der Waals surface area contributed by atoms with Gasteiger partial charge < -0.3 is 21.0 Å². The van der Waals surface area contributed by atoms with Crippen LogP contribution in [0.4, 0.5) is 0 Å². The molecule has 0 unspecified atom stereocenters. The molecule has 0 radical (unpaired) electrons. The molecule has 0 spiro atoms. The van der Waals surface area contributed by atoms with E-state index in [9.17, 15) is 4.79 Å². The van der Waals surface area contributed by atoms with Gasteiger partial charge in [-0.15, -0.1) is 12.4 Å². The molecule has 0 aromatic carbocycles. The van der Waals surface area contributed by atoms with Crippen molar-refractivity contribution in [3.05, 3.63) is 0 Å². The Labute approximate surface area is 204 Å². The molecule has 6 nitrogen and oxygen atoms in total. The monoisotopic (exact) mass is 492 g/mol. The Balaban J connectivity index is -0.00000000670. The molecule has 96 valence electrons. The molecule has 0 aliphatic heterocycles. The van der Waals surface area contributed by atoms with Crippen molar-refractivity contribution < 1.29 is 54.9 Å². The van der Waals surface area contributed by atoms with Gasteiger partial charge in [-0.05, 0) is 0 Å². The smallest absolute Gasteiger partial charge is 1.00 e. The number of aliphatic carboxylic acids is 3. The number of carbonyl (C=O) groups is 3. The first-order chi connectivity index (χ1) is 5.73. The Morgan fingerprint density at radius 2 is 1.06 bits per heavy atom. The molecule has 0 saturated heterocycles. The zero-order valence-electron chi connectivity index (χ0n) is 13.8. The predicted octanol–water partition coefficient (Wildman–Crippen LogP) is 0.290. The second kappa shape index (κ2) is 36.3. The molecule has 0 bridgehead atoms. The first-order valence-electron chi connectivity index (χ1n) is 2.95. The summed E-state index contributed by atoms with van der Waals surface area (Å²) >= 11 is 3.42. The van der Waals surface area contributed by atoms with Crippen LogP contribution in [0.1, 0.15) is 19.6 Å². The number of halogens is 1. The molecule has 11 heteroatoms. The zero-order valence-corrected chi connectivity index (χ0v) is 21.4. The van der Waals surface area contributed by atoms with Gasteiger partial charge in [-0.25, -0.2) is 0 Å². The van der Waals surface area contributed by atoms with E-state index in [1.807, 2.05) is 0 Å². The van der Waals surface area contributed by atoms with Gasteiger partial charge >= 0.3 is 96.9 Å². The zero-order chi connectivity index (χ0) is 11.4. The maximum atomic E-state index is 9.29. The third kappa shape index (κ3) is 240. The van der Waals surface area contributed by atoms with E-state index >= 15 is 0 Å². The van der Waals surface area contributed by atoms with Crippen molar-refractivity contribution in [2.45, 2.75) is 13.8 Å². The van der Waals surface area contributed by atoms with Gasteiger partial charge in [0.25, 0.3) is 11.9 Å². The third-order valence-corrected chi connectivity index (χ3v) is 0.406. The van der Waals surface area contributed by atoms with E-state index in [-0.39, 0.29) is 134 Å². The summed E-state index contributed by atoms with van der Waals surface area (Å²) in [5.41, 5.74) is 0. The molecule has 0 fully saturated rings. The van der Waals surface area contributed by atoms with E-state index in [1.165, 1.54) is 0 Å². The van der Waals surface area contributed by atoms with Crippen LogP contribution in [0.15, 0.2) is 0 Å². The average Bonchev–Trinajstić information content (AvgIpc) is 1.84. The molecule has 0 aliphatic rings. The van der Waals surface area contributed by atoms with Crippen LogP contribution in [0.25, 0.3) is 0 Å². The van der Waals surface area contributed by atoms with Gasteiger partial charge in [0.2, 0.25) is 0 Å². The summed E-state index contributed by atoms with van der Waals surface area (Å²) in [7, 11) is 0. The van der Waals surface area contributed by atoms with Crippen molar-refractivity contribution in [1.29, 1.82) is 0 Å². The van der Waals surface area contributed by atoms with Crippen molar-refractivity contribution in [3.63, 3.8) is 0 Å². The molecule has 0 atom stereocenters. The van der Waals surface area contributed by atoms with E-state index in [1.54, 1.807) is 0 Å². The van der Waals surface area contributed by atoms with Crippen LogP contribution in [0, 0.1) is 0 Å². The summed E-state index contributed by atoms with van der Waals surface area (Å²) in [6.45, 7) is 2.17. The van der Waals surface area contributed by atoms with Crippen molar-refractivity contribution in [2.75, 3.05) is 5.75 Å². The first kappa shape index (κ1) is 42.7. The maximum Gasteiger partial charge on any atom is 2.00 e. The molecule has 3 N–H and O–H groups in total. The Morgan fingerprint density at radius 1 is 1.00 bits per heavy atom. The van der Waals surface area contributed by atoms with Gasteiger partial charge in [-0.1, -0.05) is 0 Å². The molecule has 0 rings (SSSR count). The van der Waals surface area contributed by atoms with Gasteiger partial charge in [0.1, 0.15) is 0 Å². The molecule has 0 aliphatic carbocycles. The fourth-order valence-electron chi connectivity index (χ4n) is 0. The summed E-state index contributed by atoms with van der Waals surface area (Å²) in [4.78, 5) is 27.3. The molecule has 0 amide bonds. The first-order valence-corrected chi connectivity index (χ1v) is 3.59. The molecule has 0 aromatic rings. The van der Waals surface area contributed by atoms with Crippen molar-refractivity contribution in [2.24, 2.45) is 0 Å². The summed E-state index contributed by atoms with van der Waals surface area (Å²) in [6.07, 6.45) is 0. The minimum Gasteiger partial charge on any atom is -1.00 e. The summed E-state index contributed by atoms with van der Waals surface area (Å²) in [5.74, 6) is -2.63. The summed E-state index contributed by atoms with van der Waals surface area (Å²) in [5, 5.41) is 22.5. The second-order valence-electron chi connectivity index (χ2n) is 1.59. The Hall–Kier alpha value is 2.63. The fourth-order valence-corrected chi connectivity index (χ4v) is 0. The van der Waals surface area contributed by atoms with Crippen LogP contribution >= 0.6 is 25.0 Å². The van der Waals surface area contributed by atoms with Crippen molar-refractivity contribution >= 4 is 134 Å².